The number of carbonyl (C=O) groups is 1. The monoisotopic (exact) mass is 106 g/mol. The average molecular weight is 106 g/mol. The highest BCUT2D eigenvalue weighted by molar-refractivity contribution is 6.13. The van der Waals surface area contributed by atoms with Crippen LogP contribution in [0.5, 0.6) is 0 Å². The Balaban J connectivity index is 2.14. The summed E-state index contributed by atoms with van der Waals surface area (Å²) < 4.78 is 0. The van der Waals surface area contributed by atoms with Crippen molar-refractivity contribution in [2.45, 2.75) is 12.8 Å². The number of rotatable bonds is 2. The van der Waals surface area contributed by atoms with E-state index < -0.39 is 0 Å². The largest absolute Gasteiger partial charge is 0.289 e. The maximum atomic E-state index is 10.8. The van der Waals surface area contributed by atoms with E-state index in [4.69, 9.17) is 0 Å². The van der Waals surface area contributed by atoms with Crippen molar-refractivity contribution in [3.63, 3.8) is 0 Å². The zero-order chi connectivity index (χ0) is 5.56. The summed E-state index contributed by atoms with van der Waals surface area (Å²) in [7, 11) is 0. The van der Waals surface area contributed by atoms with Crippen molar-refractivity contribution in [1.29, 1.82) is 0 Å². The van der Waals surface area contributed by atoms with E-state index in [0.29, 0.717) is 5.78 Å². The second-order valence-electron chi connectivity index (χ2n) is 2.20. The Bertz CT molecular complexity index is 186. The zero-order valence-corrected chi connectivity index (χ0v) is 4.48. The summed E-state index contributed by atoms with van der Waals surface area (Å²) in [5.74, 6) is 0.296. The molecule has 0 bridgehead atoms. The van der Waals surface area contributed by atoms with Gasteiger partial charge in [0.2, 0.25) is 0 Å². The minimum atomic E-state index is 0.296. The fourth-order valence-corrected chi connectivity index (χ4v) is 0.679. The lowest BCUT2D eigenvalue weighted by atomic mass is 10.2. The summed E-state index contributed by atoms with van der Waals surface area (Å²) >= 11 is 0. The molecular formula is C7H6O. The van der Waals surface area contributed by atoms with Crippen molar-refractivity contribution in [2.75, 3.05) is 0 Å². The Morgan fingerprint density at radius 1 is 1.25 bits per heavy atom. The van der Waals surface area contributed by atoms with Gasteiger partial charge in [-0.3, -0.25) is 4.79 Å². The van der Waals surface area contributed by atoms with E-state index in [1.54, 1.807) is 0 Å². The standard InChI is InChI=1S/C7H6O/c8-7(5-1-2-5)6-3-4-6/h1,3H,2,4H2. The number of hydrogen-bond donors (Lipinski definition) is 0. The smallest absolute Gasteiger partial charge is 0.185 e. The molecule has 0 saturated heterocycles. The molecule has 0 aromatic heterocycles. The van der Waals surface area contributed by atoms with E-state index in [2.05, 4.69) is 0 Å². The van der Waals surface area contributed by atoms with Crippen LogP contribution in [0, 0.1) is 0 Å². The molecular weight excluding hydrogens is 100 g/mol. The van der Waals surface area contributed by atoms with Gasteiger partial charge in [-0.15, -0.1) is 0 Å². The summed E-state index contributed by atoms with van der Waals surface area (Å²) in [5.41, 5.74) is 2.04. The second kappa shape index (κ2) is 1.10. The highest BCUT2D eigenvalue weighted by Crippen LogP contribution is 2.29. The van der Waals surface area contributed by atoms with Gasteiger partial charge in [0.05, 0.1) is 0 Å². The van der Waals surface area contributed by atoms with Crippen LogP contribution in [0.4, 0.5) is 0 Å². The predicted octanol–water partition coefficient (Wildman–Crippen LogP) is 1.22. The van der Waals surface area contributed by atoms with Crippen LogP contribution in [0.2, 0.25) is 0 Å². The molecule has 1 heteroatoms. The Labute approximate surface area is 47.7 Å². The van der Waals surface area contributed by atoms with Gasteiger partial charge in [-0.1, -0.05) is 12.2 Å². The first-order valence-electron chi connectivity index (χ1n) is 2.81. The lowest BCUT2D eigenvalue weighted by molar-refractivity contribution is -0.111. The highest BCUT2D eigenvalue weighted by Gasteiger charge is 2.24. The molecule has 0 aromatic carbocycles. The summed E-state index contributed by atoms with van der Waals surface area (Å²) in [6, 6.07) is 0. The van der Waals surface area contributed by atoms with Crippen LogP contribution in [0.25, 0.3) is 0 Å². The molecule has 0 saturated carbocycles. The third-order valence-corrected chi connectivity index (χ3v) is 1.40. The first-order chi connectivity index (χ1) is 3.88. The van der Waals surface area contributed by atoms with Gasteiger partial charge in [0, 0.05) is 0 Å². The van der Waals surface area contributed by atoms with Gasteiger partial charge >= 0.3 is 0 Å². The molecule has 0 aromatic rings. The van der Waals surface area contributed by atoms with Crippen molar-refractivity contribution in [1.82, 2.24) is 0 Å². The molecule has 0 amide bonds. The molecule has 0 unspecified atom stereocenters. The molecule has 0 N–H and O–H groups in total. The third-order valence-electron chi connectivity index (χ3n) is 1.40. The summed E-state index contributed by atoms with van der Waals surface area (Å²) in [4.78, 5) is 10.8. The van der Waals surface area contributed by atoms with Crippen LogP contribution in [0.15, 0.2) is 23.3 Å². The molecule has 40 valence electrons. The van der Waals surface area contributed by atoms with E-state index in [1.165, 1.54) is 0 Å². The van der Waals surface area contributed by atoms with Crippen LogP contribution in [-0.4, -0.2) is 5.78 Å². The first-order valence-corrected chi connectivity index (χ1v) is 2.81. The molecule has 0 spiro atoms. The van der Waals surface area contributed by atoms with E-state index in [-0.39, 0.29) is 0 Å². The van der Waals surface area contributed by atoms with Gasteiger partial charge in [0.1, 0.15) is 0 Å². The lowest BCUT2D eigenvalue weighted by Gasteiger charge is -1.79. The molecule has 1 nitrogen and oxygen atoms in total. The van der Waals surface area contributed by atoms with Crippen LogP contribution >= 0.6 is 0 Å². The summed E-state index contributed by atoms with van der Waals surface area (Å²) in [5, 5.41) is 0. The number of Topliss-reactive ketones (excluding diaryl/α,β-unsaturated/α-hetero) is 1. The van der Waals surface area contributed by atoms with E-state index in [9.17, 15) is 4.79 Å². The molecule has 2 aliphatic rings. The normalized spacial score (nSPS) is 21.5. The fraction of sp³-hybridized carbons (Fsp3) is 0.286. The van der Waals surface area contributed by atoms with Crippen LogP contribution in [0.3, 0.4) is 0 Å². The number of hydrogen-bond acceptors (Lipinski definition) is 1. The van der Waals surface area contributed by atoms with Crippen molar-refractivity contribution in [3.05, 3.63) is 23.3 Å². The fourth-order valence-electron chi connectivity index (χ4n) is 0.679. The van der Waals surface area contributed by atoms with E-state index in [1.807, 2.05) is 12.2 Å². The van der Waals surface area contributed by atoms with Crippen LogP contribution in [-0.2, 0) is 4.79 Å². The van der Waals surface area contributed by atoms with Crippen molar-refractivity contribution < 1.29 is 4.79 Å². The first kappa shape index (κ1) is 4.07. The lowest BCUT2D eigenvalue weighted by Crippen LogP contribution is -1.88. The Hall–Kier alpha value is -0.850. The topological polar surface area (TPSA) is 17.1 Å². The quantitative estimate of drug-likeness (QED) is 0.517. The van der Waals surface area contributed by atoms with Gasteiger partial charge in [0.15, 0.2) is 5.78 Å². The highest BCUT2D eigenvalue weighted by atomic mass is 16.1. The summed E-state index contributed by atoms with van der Waals surface area (Å²) in [6.45, 7) is 0. The molecule has 2 rings (SSSR count). The minimum absolute atomic E-state index is 0.296. The van der Waals surface area contributed by atoms with Gasteiger partial charge in [-0.25, -0.2) is 0 Å². The molecule has 8 heavy (non-hydrogen) atoms. The third kappa shape index (κ3) is 0.513. The molecule has 0 heterocycles. The Morgan fingerprint density at radius 3 is 1.88 bits per heavy atom. The molecule has 2 aliphatic carbocycles. The summed E-state index contributed by atoms with van der Waals surface area (Å²) in [6.07, 6.45) is 5.83. The number of allylic oxidation sites excluding steroid dienone is 4. The van der Waals surface area contributed by atoms with Crippen LogP contribution in [0.1, 0.15) is 12.8 Å². The molecule has 0 fully saturated rings. The predicted molar refractivity (Wildman–Crippen MR) is 30.4 cm³/mol. The maximum Gasteiger partial charge on any atom is 0.185 e. The van der Waals surface area contributed by atoms with Gasteiger partial charge in [-0.05, 0) is 24.0 Å². The zero-order valence-electron chi connectivity index (χ0n) is 4.48. The average Bonchev–Trinajstić information content (AvgIpc) is 2.63. The van der Waals surface area contributed by atoms with Crippen LogP contribution < -0.4 is 0 Å². The van der Waals surface area contributed by atoms with Crippen molar-refractivity contribution in [2.24, 2.45) is 0 Å². The Morgan fingerprint density at radius 2 is 1.62 bits per heavy atom. The number of carbonyl (C=O) groups excluding carboxylic acids is 1. The van der Waals surface area contributed by atoms with Gasteiger partial charge in [-0.2, -0.15) is 0 Å². The van der Waals surface area contributed by atoms with Gasteiger partial charge in [0.25, 0.3) is 0 Å². The van der Waals surface area contributed by atoms with Crippen molar-refractivity contribution in [3.8, 4) is 0 Å². The van der Waals surface area contributed by atoms with Crippen molar-refractivity contribution >= 4 is 5.78 Å². The molecule has 0 aliphatic heterocycles. The number of ketones is 1. The second-order valence-corrected chi connectivity index (χ2v) is 2.20. The molecule has 0 radical (unpaired) electrons. The maximum absolute atomic E-state index is 10.8. The SMILES string of the molecule is O=C(C1=CC1)C1=CC1. The molecule has 0 atom stereocenters. The van der Waals surface area contributed by atoms with E-state index >= 15 is 0 Å². The van der Waals surface area contributed by atoms with Gasteiger partial charge < -0.3 is 0 Å². The Kier molecular flexibility index (Phi) is 0.562. The van der Waals surface area contributed by atoms with E-state index in [0.717, 1.165) is 24.0 Å². The minimum Gasteiger partial charge on any atom is -0.289 e.